The maximum atomic E-state index is 13.1. The van der Waals surface area contributed by atoms with Crippen molar-refractivity contribution in [1.29, 1.82) is 0 Å². The van der Waals surface area contributed by atoms with Crippen molar-refractivity contribution in [1.82, 2.24) is 29.3 Å². The summed E-state index contributed by atoms with van der Waals surface area (Å²) in [6.45, 7) is 2.50. The molecule has 5 aromatic rings. The van der Waals surface area contributed by atoms with Gasteiger partial charge in [0, 0.05) is 25.4 Å². The molecule has 154 valence electrons. The van der Waals surface area contributed by atoms with Crippen molar-refractivity contribution in [2.45, 2.75) is 26.3 Å². The number of aromatic amines is 1. The molecular weight excluding hydrogens is 392 g/mol. The molecule has 8 heteroatoms. The molecule has 0 bridgehead atoms. The van der Waals surface area contributed by atoms with E-state index >= 15 is 0 Å². The van der Waals surface area contributed by atoms with Crippen molar-refractivity contribution >= 4 is 21.8 Å². The molecule has 1 aromatic carbocycles. The van der Waals surface area contributed by atoms with Gasteiger partial charge in [0.1, 0.15) is 5.82 Å². The lowest BCUT2D eigenvalue weighted by Crippen LogP contribution is -2.22. The Morgan fingerprint density at radius 3 is 2.39 bits per heavy atom. The van der Waals surface area contributed by atoms with E-state index in [0.717, 1.165) is 12.0 Å². The van der Waals surface area contributed by atoms with Gasteiger partial charge in [-0.05, 0) is 30.2 Å². The van der Waals surface area contributed by atoms with Crippen molar-refractivity contribution in [3.05, 3.63) is 93.0 Å². The second-order valence-electron chi connectivity index (χ2n) is 7.33. The third kappa shape index (κ3) is 3.42. The third-order valence-corrected chi connectivity index (χ3v) is 5.37. The van der Waals surface area contributed by atoms with E-state index in [1.165, 1.54) is 4.57 Å². The summed E-state index contributed by atoms with van der Waals surface area (Å²) in [4.78, 5) is 35.0. The van der Waals surface area contributed by atoms with Crippen LogP contribution in [0, 0.1) is 0 Å². The number of H-pyrrole nitrogens is 1. The van der Waals surface area contributed by atoms with Gasteiger partial charge in [-0.1, -0.05) is 37.3 Å². The summed E-state index contributed by atoms with van der Waals surface area (Å²) in [6, 6.07) is 15.2. The average Bonchev–Trinajstić information content (AvgIpc) is 3.28. The van der Waals surface area contributed by atoms with E-state index in [0.29, 0.717) is 40.6 Å². The minimum Gasteiger partial charge on any atom is -0.315 e. The Morgan fingerprint density at radius 1 is 0.903 bits per heavy atom. The fourth-order valence-electron chi connectivity index (χ4n) is 3.64. The number of hydrogen-bond donors (Lipinski definition) is 1. The van der Waals surface area contributed by atoms with Crippen molar-refractivity contribution in [2.24, 2.45) is 0 Å². The average molecular weight is 412 g/mol. The van der Waals surface area contributed by atoms with Crippen LogP contribution in [-0.4, -0.2) is 29.3 Å². The smallest absolute Gasteiger partial charge is 0.267 e. The van der Waals surface area contributed by atoms with Crippen LogP contribution in [-0.2, 0) is 19.4 Å². The van der Waals surface area contributed by atoms with Crippen LogP contribution < -0.4 is 11.1 Å². The van der Waals surface area contributed by atoms with Gasteiger partial charge in [-0.15, -0.1) is 5.10 Å². The number of aromatic nitrogens is 6. The van der Waals surface area contributed by atoms with E-state index < -0.39 is 0 Å². The zero-order valence-electron chi connectivity index (χ0n) is 16.9. The summed E-state index contributed by atoms with van der Waals surface area (Å²) >= 11 is 0. The Kier molecular flexibility index (Phi) is 4.66. The molecule has 0 aliphatic carbocycles. The van der Waals surface area contributed by atoms with E-state index in [1.807, 2.05) is 43.3 Å². The molecular formula is C23H20N6O2. The van der Waals surface area contributed by atoms with Crippen LogP contribution in [0.15, 0.2) is 70.5 Å². The lowest BCUT2D eigenvalue weighted by atomic mass is 10.1. The lowest BCUT2D eigenvalue weighted by Gasteiger charge is -2.08. The molecule has 8 nitrogen and oxygen atoms in total. The fourth-order valence-corrected chi connectivity index (χ4v) is 3.64. The maximum Gasteiger partial charge on any atom is 0.267 e. The first-order chi connectivity index (χ1) is 15.1. The second-order valence-corrected chi connectivity index (χ2v) is 7.33. The lowest BCUT2D eigenvalue weighted by molar-refractivity contribution is 0.675. The van der Waals surface area contributed by atoms with Gasteiger partial charge < -0.3 is 4.57 Å². The highest BCUT2D eigenvalue weighted by Gasteiger charge is 2.13. The number of nitrogens with zero attached hydrogens (tertiary/aromatic N) is 5. The van der Waals surface area contributed by atoms with E-state index in [4.69, 9.17) is 0 Å². The van der Waals surface area contributed by atoms with E-state index in [-0.39, 0.29) is 17.1 Å². The highest BCUT2D eigenvalue weighted by molar-refractivity contribution is 5.91. The van der Waals surface area contributed by atoms with Crippen LogP contribution in [0.3, 0.4) is 0 Å². The molecule has 4 aromatic heterocycles. The van der Waals surface area contributed by atoms with Crippen molar-refractivity contribution in [2.75, 3.05) is 0 Å². The van der Waals surface area contributed by atoms with Gasteiger partial charge in [-0.3, -0.25) is 14.7 Å². The number of rotatable bonds is 5. The highest BCUT2D eigenvalue weighted by atomic mass is 16.1. The van der Waals surface area contributed by atoms with Gasteiger partial charge in [-0.2, -0.15) is 4.98 Å². The molecule has 0 saturated carbocycles. The van der Waals surface area contributed by atoms with Crippen LogP contribution in [0.5, 0.6) is 0 Å². The number of pyridine rings is 3. The molecule has 0 saturated heterocycles. The predicted molar refractivity (Wildman–Crippen MR) is 119 cm³/mol. The molecule has 0 amide bonds. The van der Waals surface area contributed by atoms with Crippen molar-refractivity contribution < 1.29 is 0 Å². The number of hydrogen-bond acceptors (Lipinski definition) is 5. The molecule has 1 N–H and O–H groups in total. The summed E-state index contributed by atoms with van der Waals surface area (Å²) in [7, 11) is 0. The van der Waals surface area contributed by atoms with Crippen LogP contribution >= 0.6 is 0 Å². The van der Waals surface area contributed by atoms with Crippen LogP contribution in [0.25, 0.3) is 27.8 Å². The van der Waals surface area contributed by atoms with Crippen LogP contribution in [0.2, 0.25) is 0 Å². The van der Waals surface area contributed by atoms with Gasteiger partial charge in [0.15, 0.2) is 0 Å². The predicted octanol–water partition coefficient (Wildman–Crippen LogP) is 2.62. The molecule has 4 heterocycles. The maximum absolute atomic E-state index is 13.1. The van der Waals surface area contributed by atoms with E-state index in [2.05, 4.69) is 20.2 Å². The highest BCUT2D eigenvalue weighted by Crippen LogP contribution is 2.15. The van der Waals surface area contributed by atoms with Crippen LogP contribution in [0.4, 0.5) is 0 Å². The minimum absolute atomic E-state index is 0.163. The van der Waals surface area contributed by atoms with Gasteiger partial charge >= 0.3 is 0 Å². The van der Waals surface area contributed by atoms with Crippen molar-refractivity contribution in [3.63, 3.8) is 0 Å². The first-order valence-corrected chi connectivity index (χ1v) is 10.1. The number of nitrogens with one attached hydrogen (secondary N) is 1. The first-order valence-electron chi connectivity index (χ1n) is 10.1. The van der Waals surface area contributed by atoms with Gasteiger partial charge in [-0.25, -0.2) is 9.55 Å². The monoisotopic (exact) mass is 412 g/mol. The fraction of sp³-hybridized carbons (Fsp3) is 0.174. The number of fused-ring (bicyclic) bond motifs is 2. The molecule has 0 fully saturated rings. The van der Waals surface area contributed by atoms with Gasteiger partial charge in [0.05, 0.1) is 21.8 Å². The van der Waals surface area contributed by atoms with Crippen LogP contribution in [0.1, 0.15) is 18.3 Å². The third-order valence-electron chi connectivity index (χ3n) is 5.37. The zero-order chi connectivity index (χ0) is 21.4. The van der Waals surface area contributed by atoms with Crippen molar-refractivity contribution in [3.8, 4) is 5.95 Å². The normalized spacial score (nSPS) is 11.4. The Balaban J connectivity index is 1.59. The Bertz CT molecular complexity index is 1510. The number of aryl methyl sites for hydroxylation is 3. The SMILES string of the molecule is CCc1nc(-n2ccc3nc4ccn(CCc5ccccc5)c(=O)c4cc3c2=O)n[nH]1. The minimum atomic E-state index is -0.312. The second kappa shape index (κ2) is 7.64. The molecule has 0 aliphatic heterocycles. The Labute approximate surface area is 176 Å². The summed E-state index contributed by atoms with van der Waals surface area (Å²) in [5.74, 6) is 0.970. The Hall–Kier alpha value is -4.07. The largest absolute Gasteiger partial charge is 0.315 e. The molecule has 0 unspecified atom stereocenters. The molecule has 0 aliphatic rings. The summed E-state index contributed by atoms with van der Waals surface area (Å²) in [5.41, 5.74) is 1.78. The molecule has 0 radical (unpaired) electrons. The van der Waals surface area contributed by atoms with E-state index in [1.54, 1.807) is 29.1 Å². The summed E-state index contributed by atoms with van der Waals surface area (Å²) in [6.07, 6.45) is 4.79. The summed E-state index contributed by atoms with van der Waals surface area (Å²) in [5, 5.41) is 7.70. The molecule has 0 atom stereocenters. The first kappa shape index (κ1) is 18.9. The topological polar surface area (TPSA) is 98.5 Å². The van der Waals surface area contributed by atoms with Gasteiger partial charge in [0.2, 0.25) is 0 Å². The molecule has 31 heavy (non-hydrogen) atoms. The van der Waals surface area contributed by atoms with E-state index in [9.17, 15) is 9.59 Å². The molecule has 0 spiro atoms. The zero-order valence-corrected chi connectivity index (χ0v) is 16.9. The van der Waals surface area contributed by atoms with Gasteiger partial charge in [0.25, 0.3) is 17.1 Å². The quantitative estimate of drug-likeness (QED) is 0.448. The summed E-state index contributed by atoms with van der Waals surface area (Å²) < 4.78 is 3.02. The standard InChI is InChI=1S/C23H20N6O2/c1-2-20-25-23(27-26-20)29-13-10-19-17(22(29)31)14-16-18(24-19)9-12-28(21(16)30)11-8-15-6-4-3-5-7-15/h3-7,9-10,12-14H,2,8,11H2,1H3,(H,25,26,27). The molecule has 5 rings (SSSR count). The number of benzene rings is 1. The Morgan fingerprint density at radius 2 is 1.65 bits per heavy atom.